The number of hydrogen-bond donors (Lipinski definition) is 0. The average molecular weight is 240 g/mol. The van der Waals surface area contributed by atoms with E-state index in [2.05, 4.69) is 0 Å². The molecule has 0 saturated heterocycles. The van der Waals surface area contributed by atoms with E-state index >= 15 is 0 Å². The molecule has 3 heteroatoms. The Balaban J connectivity index is 2.71. The molecule has 1 aromatic carbocycles. The highest BCUT2D eigenvalue weighted by Gasteiger charge is 2.18. The Bertz CT molecular complexity index is 292. The standard InChI is InChI=1S/C12H16OS2/c1-14-8-11(9-15-2)12(13)10-6-4-3-5-7-10/h3-7,11H,8-9H2,1-2H3. The highest BCUT2D eigenvalue weighted by atomic mass is 32.2. The van der Waals surface area contributed by atoms with E-state index in [1.165, 1.54) is 0 Å². The van der Waals surface area contributed by atoms with E-state index in [0.717, 1.165) is 17.1 Å². The largest absolute Gasteiger partial charge is 0.294 e. The van der Waals surface area contributed by atoms with Gasteiger partial charge in [0.1, 0.15) is 0 Å². The normalized spacial score (nSPS) is 10.6. The first-order chi connectivity index (χ1) is 7.29. The van der Waals surface area contributed by atoms with Crippen molar-refractivity contribution in [3.63, 3.8) is 0 Å². The van der Waals surface area contributed by atoms with E-state index in [9.17, 15) is 4.79 Å². The summed E-state index contributed by atoms with van der Waals surface area (Å²) in [7, 11) is 0. The fraction of sp³-hybridized carbons (Fsp3) is 0.417. The Morgan fingerprint density at radius 3 is 2.13 bits per heavy atom. The minimum Gasteiger partial charge on any atom is -0.294 e. The highest BCUT2D eigenvalue weighted by molar-refractivity contribution is 7.99. The zero-order valence-electron chi connectivity index (χ0n) is 9.10. The number of rotatable bonds is 6. The molecule has 82 valence electrons. The number of carbonyl (C=O) groups is 1. The van der Waals surface area contributed by atoms with E-state index in [0.29, 0.717) is 0 Å². The van der Waals surface area contributed by atoms with Gasteiger partial charge in [0.25, 0.3) is 0 Å². The minimum atomic E-state index is 0.150. The van der Waals surface area contributed by atoms with Crippen LogP contribution in [0.15, 0.2) is 30.3 Å². The summed E-state index contributed by atoms with van der Waals surface area (Å²) in [5.74, 6) is 2.25. The summed E-state index contributed by atoms with van der Waals surface area (Å²) in [4.78, 5) is 12.1. The molecule has 0 fully saturated rings. The van der Waals surface area contributed by atoms with Crippen LogP contribution < -0.4 is 0 Å². The van der Waals surface area contributed by atoms with E-state index in [4.69, 9.17) is 0 Å². The average Bonchev–Trinajstić information content (AvgIpc) is 2.29. The SMILES string of the molecule is CSCC(CSC)C(=O)c1ccccc1. The summed E-state index contributed by atoms with van der Waals surface area (Å²) < 4.78 is 0. The van der Waals surface area contributed by atoms with Crippen LogP contribution >= 0.6 is 23.5 Å². The lowest BCUT2D eigenvalue weighted by atomic mass is 10.0. The van der Waals surface area contributed by atoms with Gasteiger partial charge in [-0.05, 0) is 12.5 Å². The molecular formula is C12H16OS2. The molecule has 0 unspecified atom stereocenters. The monoisotopic (exact) mass is 240 g/mol. The van der Waals surface area contributed by atoms with E-state index < -0.39 is 0 Å². The van der Waals surface area contributed by atoms with Gasteiger partial charge < -0.3 is 0 Å². The Morgan fingerprint density at radius 1 is 1.13 bits per heavy atom. The number of benzene rings is 1. The van der Waals surface area contributed by atoms with Gasteiger partial charge in [-0.25, -0.2) is 0 Å². The number of Topliss-reactive ketones (excluding diaryl/α,β-unsaturated/α-hetero) is 1. The van der Waals surface area contributed by atoms with Crippen LogP contribution in [0.5, 0.6) is 0 Å². The van der Waals surface area contributed by atoms with E-state index in [-0.39, 0.29) is 11.7 Å². The van der Waals surface area contributed by atoms with Crippen molar-refractivity contribution in [2.45, 2.75) is 0 Å². The second kappa shape index (κ2) is 6.96. The highest BCUT2D eigenvalue weighted by Crippen LogP contribution is 2.17. The molecule has 0 aliphatic carbocycles. The van der Waals surface area contributed by atoms with Crippen LogP contribution in [0.3, 0.4) is 0 Å². The van der Waals surface area contributed by atoms with Crippen LogP contribution in [0.4, 0.5) is 0 Å². The molecule has 0 aliphatic rings. The summed E-state index contributed by atoms with van der Waals surface area (Å²) in [6.07, 6.45) is 4.09. The topological polar surface area (TPSA) is 17.1 Å². The lowest BCUT2D eigenvalue weighted by Gasteiger charge is -2.12. The zero-order valence-corrected chi connectivity index (χ0v) is 10.7. The third kappa shape index (κ3) is 3.92. The van der Waals surface area contributed by atoms with Gasteiger partial charge in [0.05, 0.1) is 0 Å². The molecule has 1 nitrogen and oxygen atoms in total. The molecular weight excluding hydrogens is 224 g/mol. The summed E-state index contributed by atoms with van der Waals surface area (Å²) in [6.45, 7) is 0. The maximum atomic E-state index is 12.1. The van der Waals surface area contributed by atoms with Crippen LogP contribution in [0.2, 0.25) is 0 Å². The molecule has 1 aromatic rings. The maximum Gasteiger partial charge on any atom is 0.167 e. The first kappa shape index (κ1) is 12.7. The van der Waals surface area contributed by atoms with E-state index in [1.807, 2.05) is 42.8 Å². The van der Waals surface area contributed by atoms with Crippen LogP contribution in [-0.2, 0) is 0 Å². The molecule has 15 heavy (non-hydrogen) atoms. The summed E-state index contributed by atoms with van der Waals surface area (Å²) >= 11 is 3.48. The summed E-state index contributed by atoms with van der Waals surface area (Å²) in [5, 5.41) is 0. The number of carbonyl (C=O) groups excluding carboxylic acids is 1. The first-order valence-corrected chi connectivity index (χ1v) is 7.65. The molecule has 0 saturated carbocycles. The molecule has 0 heterocycles. The molecule has 0 aliphatic heterocycles. The summed E-state index contributed by atoms with van der Waals surface area (Å²) in [6, 6.07) is 9.58. The number of ketones is 1. The van der Waals surface area contributed by atoms with Gasteiger partial charge in [0.2, 0.25) is 0 Å². The Morgan fingerprint density at radius 2 is 1.67 bits per heavy atom. The second-order valence-corrected chi connectivity index (χ2v) is 5.16. The molecule has 0 bridgehead atoms. The Kier molecular flexibility index (Phi) is 5.88. The third-order valence-corrected chi connectivity index (χ3v) is 3.64. The molecule has 0 spiro atoms. The predicted octanol–water partition coefficient (Wildman–Crippen LogP) is 3.21. The fourth-order valence-corrected chi connectivity index (χ4v) is 2.93. The second-order valence-electron chi connectivity index (χ2n) is 3.34. The summed E-state index contributed by atoms with van der Waals surface area (Å²) in [5.41, 5.74) is 0.839. The molecule has 0 amide bonds. The van der Waals surface area contributed by atoms with Crippen LogP contribution in [-0.4, -0.2) is 29.8 Å². The molecule has 1 rings (SSSR count). The third-order valence-electron chi connectivity index (χ3n) is 2.16. The van der Waals surface area contributed by atoms with Gasteiger partial charge in [-0.1, -0.05) is 30.3 Å². The molecule has 0 N–H and O–H groups in total. The van der Waals surface area contributed by atoms with E-state index in [1.54, 1.807) is 23.5 Å². The van der Waals surface area contributed by atoms with Gasteiger partial charge in [-0.3, -0.25) is 4.79 Å². The lowest BCUT2D eigenvalue weighted by Crippen LogP contribution is -2.19. The van der Waals surface area contributed by atoms with Crippen molar-refractivity contribution < 1.29 is 4.79 Å². The van der Waals surface area contributed by atoms with Crippen molar-refractivity contribution in [2.75, 3.05) is 24.0 Å². The van der Waals surface area contributed by atoms with Gasteiger partial charge in [0.15, 0.2) is 5.78 Å². The fourth-order valence-electron chi connectivity index (χ4n) is 1.44. The Labute approximate surface area is 100 Å². The number of thioether (sulfide) groups is 2. The Hall–Kier alpha value is -0.410. The van der Waals surface area contributed by atoms with Gasteiger partial charge in [0, 0.05) is 23.0 Å². The van der Waals surface area contributed by atoms with Crippen molar-refractivity contribution in [2.24, 2.45) is 5.92 Å². The molecule has 0 atom stereocenters. The number of hydrogen-bond acceptors (Lipinski definition) is 3. The van der Waals surface area contributed by atoms with Crippen LogP contribution in [0.25, 0.3) is 0 Å². The van der Waals surface area contributed by atoms with Crippen molar-refractivity contribution in [3.8, 4) is 0 Å². The van der Waals surface area contributed by atoms with Crippen molar-refractivity contribution in [3.05, 3.63) is 35.9 Å². The van der Waals surface area contributed by atoms with Crippen LogP contribution in [0, 0.1) is 5.92 Å². The van der Waals surface area contributed by atoms with Crippen molar-refractivity contribution in [1.29, 1.82) is 0 Å². The van der Waals surface area contributed by atoms with Crippen molar-refractivity contribution >= 4 is 29.3 Å². The van der Waals surface area contributed by atoms with Gasteiger partial charge in [-0.2, -0.15) is 23.5 Å². The van der Waals surface area contributed by atoms with Crippen LogP contribution in [0.1, 0.15) is 10.4 Å². The molecule has 0 radical (unpaired) electrons. The first-order valence-electron chi connectivity index (χ1n) is 4.86. The minimum absolute atomic E-state index is 0.150. The smallest absolute Gasteiger partial charge is 0.167 e. The van der Waals surface area contributed by atoms with Gasteiger partial charge in [-0.15, -0.1) is 0 Å². The lowest BCUT2D eigenvalue weighted by molar-refractivity contribution is 0.0944. The van der Waals surface area contributed by atoms with Crippen molar-refractivity contribution in [1.82, 2.24) is 0 Å². The predicted molar refractivity (Wildman–Crippen MR) is 71.0 cm³/mol. The van der Waals surface area contributed by atoms with Gasteiger partial charge >= 0.3 is 0 Å². The molecule has 0 aromatic heterocycles. The quantitative estimate of drug-likeness (QED) is 0.711. The zero-order chi connectivity index (χ0) is 11.1. The maximum absolute atomic E-state index is 12.1.